The second-order valence-corrected chi connectivity index (χ2v) is 4.85. The fourth-order valence-corrected chi connectivity index (χ4v) is 2.61. The predicted octanol–water partition coefficient (Wildman–Crippen LogP) is 1.46. The number of Topliss-reactive ketones (excluding diaryl/α,β-unsaturated/α-hetero) is 1. The summed E-state index contributed by atoms with van der Waals surface area (Å²) in [7, 11) is 0. The largest absolute Gasteiger partial charge is 0.385 e. The van der Waals surface area contributed by atoms with Crippen LogP contribution in [0.15, 0.2) is 24.3 Å². The maximum atomic E-state index is 12.0. The van der Waals surface area contributed by atoms with E-state index in [1.165, 1.54) is 0 Å². The number of rotatable bonds is 1. The van der Waals surface area contributed by atoms with Crippen LogP contribution in [0, 0.1) is 5.92 Å². The maximum absolute atomic E-state index is 12.0. The number of ketones is 1. The summed E-state index contributed by atoms with van der Waals surface area (Å²) in [6, 6.07) is 7.02. The number of carbonyl (C=O) groups excluding carboxylic acids is 1. The second-order valence-electron chi connectivity index (χ2n) is 4.44. The van der Waals surface area contributed by atoms with E-state index >= 15 is 0 Å². The molecular formula is C12H14ClNO2. The lowest BCUT2D eigenvalue weighted by Gasteiger charge is -2.23. The van der Waals surface area contributed by atoms with E-state index in [1.807, 2.05) is 6.92 Å². The van der Waals surface area contributed by atoms with Crippen LogP contribution in [-0.4, -0.2) is 17.0 Å². The molecule has 86 valence electrons. The molecule has 0 saturated heterocycles. The van der Waals surface area contributed by atoms with Crippen molar-refractivity contribution in [2.24, 2.45) is 11.7 Å². The molecule has 4 heteroatoms. The van der Waals surface area contributed by atoms with Crippen molar-refractivity contribution >= 4 is 17.4 Å². The van der Waals surface area contributed by atoms with Gasteiger partial charge in [0.05, 0.1) is 0 Å². The number of hydrogen-bond acceptors (Lipinski definition) is 3. The lowest BCUT2D eigenvalue weighted by Crippen LogP contribution is -2.43. The highest BCUT2D eigenvalue weighted by Crippen LogP contribution is 2.39. The highest BCUT2D eigenvalue weighted by atomic mass is 35.5. The zero-order valence-electron chi connectivity index (χ0n) is 8.98. The third-order valence-electron chi connectivity index (χ3n) is 3.25. The van der Waals surface area contributed by atoms with Gasteiger partial charge in [0.2, 0.25) is 0 Å². The van der Waals surface area contributed by atoms with Crippen LogP contribution in [0.4, 0.5) is 0 Å². The minimum Gasteiger partial charge on any atom is -0.385 e. The van der Waals surface area contributed by atoms with Gasteiger partial charge in [-0.1, -0.05) is 36.7 Å². The summed E-state index contributed by atoms with van der Waals surface area (Å²) in [5.41, 5.74) is 5.57. The Morgan fingerprint density at radius 3 is 2.62 bits per heavy atom. The molecule has 0 unspecified atom stereocenters. The standard InChI is InChI=1S/C12H14ClNO2/c1-7-6-12(14,11(16)10(7)15)8-4-2-3-5-9(8)13/h2-5,7,10,15H,6,14H2,1H3/t7-,10-,12-/m1/s1. The van der Waals surface area contributed by atoms with Crippen molar-refractivity contribution in [1.29, 1.82) is 0 Å². The van der Waals surface area contributed by atoms with Gasteiger partial charge in [-0.2, -0.15) is 0 Å². The second kappa shape index (κ2) is 3.84. The van der Waals surface area contributed by atoms with Crippen molar-refractivity contribution < 1.29 is 9.90 Å². The zero-order valence-corrected chi connectivity index (χ0v) is 9.74. The SMILES string of the molecule is C[C@@H]1C[C@@](N)(c2ccccc2Cl)C(=O)[C@@H]1O. The van der Waals surface area contributed by atoms with E-state index in [1.54, 1.807) is 24.3 Å². The minimum absolute atomic E-state index is 0.131. The van der Waals surface area contributed by atoms with Crippen molar-refractivity contribution in [1.82, 2.24) is 0 Å². The molecule has 0 aliphatic heterocycles. The molecule has 1 aliphatic carbocycles. The summed E-state index contributed by atoms with van der Waals surface area (Å²) in [4.78, 5) is 12.0. The molecular weight excluding hydrogens is 226 g/mol. The molecule has 1 fully saturated rings. The fourth-order valence-electron chi connectivity index (χ4n) is 2.31. The van der Waals surface area contributed by atoms with Gasteiger partial charge in [0.25, 0.3) is 0 Å². The van der Waals surface area contributed by atoms with E-state index in [2.05, 4.69) is 0 Å². The van der Waals surface area contributed by atoms with Crippen LogP contribution in [0.3, 0.4) is 0 Å². The number of nitrogens with two attached hydrogens (primary N) is 1. The molecule has 2 rings (SSSR count). The monoisotopic (exact) mass is 239 g/mol. The number of aliphatic hydroxyl groups is 1. The van der Waals surface area contributed by atoms with Crippen LogP contribution in [0.1, 0.15) is 18.9 Å². The smallest absolute Gasteiger partial charge is 0.185 e. The number of hydrogen-bond donors (Lipinski definition) is 2. The van der Waals surface area contributed by atoms with Crippen LogP contribution >= 0.6 is 11.6 Å². The van der Waals surface area contributed by atoms with E-state index in [0.717, 1.165) is 0 Å². The summed E-state index contributed by atoms with van der Waals surface area (Å²) < 4.78 is 0. The summed E-state index contributed by atoms with van der Waals surface area (Å²) in [5, 5.41) is 10.2. The van der Waals surface area contributed by atoms with Crippen molar-refractivity contribution in [3.05, 3.63) is 34.9 Å². The van der Waals surface area contributed by atoms with E-state index in [-0.39, 0.29) is 11.7 Å². The van der Waals surface area contributed by atoms with Crippen LogP contribution in [0.2, 0.25) is 5.02 Å². The summed E-state index contributed by atoms with van der Waals surface area (Å²) in [6.45, 7) is 1.81. The van der Waals surface area contributed by atoms with Crippen LogP contribution in [0.25, 0.3) is 0 Å². The molecule has 0 heterocycles. The molecule has 0 spiro atoms. The molecule has 3 atom stereocenters. The summed E-state index contributed by atoms with van der Waals surface area (Å²) in [5.74, 6) is -0.470. The molecule has 0 radical (unpaired) electrons. The van der Waals surface area contributed by atoms with Gasteiger partial charge in [-0.05, 0) is 24.0 Å². The van der Waals surface area contributed by atoms with Crippen LogP contribution < -0.4 is 5.73 Å². The minimum atomic E-state index is -1.14. The molecule has 1 saturated carbocycles. The first-order valence-corrected chi connectivity index (χ1v) is 5.61. The molecule has 3 nitrogen and oxygen atoms in total. The lowest BCUT2D eigenvalue weighted by molar-refractivity contribution is -0.129. The van der Waals surface area contributed by atoms with Crippen molar-refractivity contribution in [3.63, 3.8) is 0 Å². The first-order chi connectivity index (χ1) is 7.47. The molecule has 1 aromatic rings. The van der Waals surface area contributed by atoms with Crippen molar-refractivity contribution in [2.75, 3.05) is 0 Å². The molecule has 16 heavy (non-hydrogen) atoms. The topological polar surface area (TPSA) is 63.3 Å². The average Bonchev–Trinajstić information content (AvgIpc) is 2.44. The van der Waals surface area contributed by atoms with E-state index in [4.69, 9.17) is 17.3 Å². The van der Waals surface area contributed by atoms with Crippen molar-refractivity contribution in [3.8, 4) is 0 Å². The number of carbonyl (C=O) groups is 1. The van der Waals surface area contributed by atoms with E-state index in [9.17, 15) is 9.90 Å². The molecule has 0 bridgehead atoms. The number of halogens is 1. The Bertz CT molecular complexity index is 435. The van der Waals surface area contributed by atoms with Gasteiger partial charge in [-0.3, -0.25) is 4.79 Å². The number of aliphatic hydroxyl groups excluding tert-OH is 1. The lowest BCUT2D eigenvalue weighted by atomic mass is 9.87. The normalized spacial score (nSPS) is 34.4. The van der Waals surface area contributed by atoms with Crippen molar-refractivity contribution in [2.45, 2.75) is 25.0 Å². The Kier molecular flexibility index (Phi) is 2.78. The van der Waals surface area contributed by atoms with Gasteiger partial charge in [0.15, 0.2) is 5.78 Å². The summed E-state index contributed by atoms with van der Waals surface area (Å²) >= 11 is 6.04. The maximum Gasteiger partial charge on any atom is 0.185 e. The Morgan fingerprint density at radius 1 is 1.50 bits per heavy atom. The van der Waals surface area contributed by atoms with E-state index < -0.39 is 11.6 Å². The fraction of sp³-hybridized carbons (Fsp3) is 0.417. The zero-order chi connectivity index (χ0) is 11.9. The Balaban J connectivity index is 2.48. The molecule has 1 aliphatic rings. The van der Waals surface area contributed by atoms with Gasteiger partial charge in [0.1, 0.15) is 11.6 Å². The predicted molar refractivity (Wildman–Crippen MR) is 62.1 cm³/mol. The molecule has 0 amide bonds. The van der Waals surface area contributed by atoms with Gasteiger partial charge < -0.3 is 10.8 Å². The van der Waals surface area contributed by atoms with Gasteiger partial charge >= 0.3 is 0 Å². The highest BCUT2D eigenvalue weighted by molar-refractivity contribution is 6.31. The van der Waals surface area contributed by atoms with Crippen LogP contribution in [-0.2, 0) is 10.3 Å². The third kappa shape index (κ3) is 1.56. The van der Waals surface area contributed by atoms with E-state index in [0.29, 0.717) is 17.0 Å². The van der Waals surface area contributed by atoms with Crippen LogP contribution in [0.5, 0.6) is 0 Å². The summed E-state index contributed by atoms with van der Waals surface area (Å²) in [6.07, 6.45) is -0.558. The first kappa shape index (κ1) is 11.6. The molecule has 0 aromatic heterocycles. The molecule has 1 aromatic carbocycles. The van der Waals surface area contributed by atoms with Gasteiger partial charge in [-0.25, -0.2) is 0 Å². The highest BCUT2D eigenvalue weighted by Gasteiger charge is 2.50. The Morgan fingerprint density at radius 2 is 2.12 bits per heavy atom. The van der Waals surface area contributed by atoms with Gasteiger partial charge in [0, 0.05) is 5.02 Å². The first-order valence-electron chi connectivity index (χ1n) is 5.23. The number of benzene rings is 1. The quantitative estimate of drug-likeness (QED) is 0.780. The Hall–Kier alpha value is -0.900. The van der Waals surface area contributed by atoms with Gasteiger partial charge in [-0.15, -0.1) is 0 Å². The molecule has 3 N–H and O–H groups in total. The third-order valence-corrected chi connectivity index (χ3v) is 3.58. The Labute approximate surface area is 99.2 Å². The average molecular weight is 240 g/mol.